The normalized spacial score (nSPS) is 17.4. The highest BCUT2D eigenvalue weighted by atomic mass is 19.4. The quantitative estimate of drug-likeness (QED) is 0.837. The van der Waals surface area contributed by atoms with Crippen molar-refractivity contribution in [1.82, 2.24) is 10.2 Å². The molecule has 0 fully saturated rings. The molecule has 0 unspecified atom stereocenters. The summed E-state index contributed by atoms with van der Waals surface area (Å²) in [7, 11) is 0. The van der Waals surface area contributed by atoms with Crippen molar-refractivity contribution < 1.29 is 22.7 Å². The van der Waals surface area contributed by atoms with Gasteiger partial charge in [-0.15, -0.1) is 0 Å². The molecule has 0 spiro atoms. The van der Waals surface area contributed by atoms with E-state index in [-0.39, 0.29) is 30.5 Å². The second-order valence-corrected chi connectivity index (χ2v) is 6.95. The Morgan fingerprint density at radius 1 is 1.18 bits per heavy atom. The van der Waals surface area contributed by atoms with Gasteiger partial charge in [-0.2, -0.15) is 13.2 Å². The molecular formula is C21H23F3N2O2. The molecule has 2 aromatic rings. The van der Waals surface area contributed by atoms with Gasteiger partial charge in [0.05, 0.1) is 5.56 Å². The van der Waals surface area contributed by atoms with Gasteiger partial charge in [0.25, 0.3) is 0 Å². The number of fused-ring (bicyclic) bond motifs is 1. The predicted octanol–water partition coefficient (Wildman–Crippen LogP) is 3.99. The van der Waals surface area contributed by atoms with Gasteiger partial charge in [-0.3, -0.25) is 9.69 Å². The van der Waals surface area contributed by atoms with Crippen molar-refractivity contribution in [3.05, 3.63) is 65.2 Å². The molecule has 0 bridgehead atoms. The molecule has 4 nitrogen and oxygen atoms in total. The summed E-state index contributed by atoms with van der Waals surface area (Å²) in [5.74, 6) is 0.578. The van der Waals surface area contributed by atoms with Gasteiger partial charge in [-0.25, -0.2) is 0 Å². The number of hydrogen-bond acceptors (Lipinski definition) is 3. The highest BCUT2D eigenvalue weighted by molar-refractivity contribution is 5.76. The maximum atomic E-state index is 13.0. The lowest BCUT2D eigenvalue weighted by molar-refractivity contribution is -0.138. The zero-order valence-electron chi connectivity index (χ0n) is 15.6. The van der Waals surface area contributed by atoms with E-state index >= 15 is 0 Å². The number of nitrogens with zero attached hydrogens (tertiary/aromatic N) is 1. The van der Waals surface area contributed by atoms with Crippen LogP contribution in [0.1, 0.15) is 30.0 Å². The predicted molar refractivity (Wildman–Crippen MR) is 99.7 cm³/mol. The summed E-state index contributed by atoms with van der Waals surface area (Å²) in [4.78, 5) is 14.3. The number of ether oxygens (including phenoxy) is 1. The van der Waals surface area contributed by atoms with Gasteiger partial charge in [0.2, 0.25) is 5.91 Å². The fourth-order valence-corrected chi connectivity index (χ4v) is 3.34. The molecule has 0 saturated heterocycles. The van der Waals surface area contributed by atoms with Crippen LogP contribution < -0.4 is 10.1 Å². The number of carbonyl (C=O) groups excluding carboxylic acids is 1. The lowest BCUT2D eigenvalue weighted by Gasteiger charge is -2.21. The van der Waals surface area contributed by atoms with Gasteiger partial charge in [0.1, 0.15) is 11.9 Å². The summed E-state index contributed by atoms with van der Waals surface area (Å²) in [5, 5.41) is 2.60. The number of carbonyl (C=O) groups is 1. The molecule has 1 aliphatic heterocycles. The van der Waals surface area contributed by atoms with Crippen molar-refractivity contribution in [2.75, 3.05) is 13.1 Å². The first-order valence-corrected chi connectivity index (χ1v) is 9.21. The minimum absolute atomic E-state index is 0.00891. The molecule has 1 atom stereocenters. The zero-order chi connectivity index (χ0) is 20.1. The molecule has 0 aliphatic carbocycles. The minimum Gasteiger partial charge on any atom is -0.489 e. The van der Waals surface area contributed by atoms with Crippen molar-refractivity contribution in [2.24, 2.45) is 0 Å². The molecule has 2 aromatic carbocycles. The molecule has 7 heteroatoms. The molecular weight excluding hydrogens is 369 g/mol. The van der Waals surface area contributed by atoms with Crippen LogP contribution in [0.4, 0.5) is 13.2 Å². The number of alkyl halides is 3. The van der Waals surface area contributed by atoms with Crippen LogP contribution in [-0.4, -0.2) is 30.0 Å². The molecule has 150 valence electrons. The van der Waals surface area contributed by atoms with Crippen LogP contribution >= 0.6 is 0 Å². The third kappa shape index (κ3) is 5.25. The van der Waals surface area contributed by atoms with E-state index in [4.69, 9.17) is 4.74 Å². The highest BCUT2D eigenvalue weighted by Crippen LogP contribution is 2.31. The first-order valence-electron chi connectivity index (χ1n) is 9.21. The third-order valence-electron chi connectivity index (χ3n) is 4.66. The maximum Gasteiger partial charge on any atom is 0.416 e. The monoisotopic (exact) mass is 392 g/mol. The second-order valence-electron chi connectivity index (χ2n) is 6.95. The Morgan fingerprint density at radius 3 is 2.68 bits per heavy atom. The molecule has 28 heavy (non-hydrogen) atoms. The average molecular weight is 392 g/mol. The summed E-state index contributed by atoms with van der Waals surface area (Å²) < 4.78 is 45.0. The Hall–Kier alpha value is -2.54. The molecule has 1 amide bonds. The van der Waals surface area contributed by atoms with Crippen LogP contribution in [0, 0.1) is 0 Å². The third-order valence-corrected chi connectivity index (χ3v) is 4.66. The van der Waals surface area contributed by atoms with E-state index in [1.165, 1.54) is 18.2 Å². The topological polar surface area (TPSA) is 41.6 Å². The summed E-state index contributed by atoms with van der Waals surface area (Å²) in [6.45, 7) is 3.69. The van der Waals surface area contributed by atoms with E-state index in [2.05, 4.69) is 10.2 Å². The summed E-state index contributed by atoms with van der Waals surface area (Å²) in [6.07, 6.45) is -4.23. The molecule has 0 radical (unpaired) electrons. The fourth-order valence-electron chi connectivity index (χ4n) is 3.34. The first kappa shape index (κ1) is 20.2. The number of rotatable bonds is 5. The molecule has 1 N–H and O–H groups in total. The molecule has 3 rings (SSSR count). The highest BCUT2D eigenvalue weighted by Gasteiger charge is 2.32. The van der Waals surface area contributed by atoms with Gasteiger partial charge in [-0.05, 0) is 24.6 Å². The van der Waals surface area contributed by atoms with Crippen LogP contribution in [-0.2, 0) is 24.1 Å². The van der Waals surface area contributed by atoms with E-state index in [1.54, 1.807) is 0 Å². The second kappa shape index (κ2) is 8.65. The Labute approximate surface area is 162 Å². The number of benzene rings is 2. The van der Waals surface area contributed by atoms with Crippen LogP contribution in [0.25, 0.3) is 0 Å². The van der Waals surface area contributed by atoms with E-state index in [0.29, 0.717) is 19.6 Å². The Bertz CT molecular complexity index is 823. The zero-order valence-corrected chi connectivity index (χ0v) is 15.6. The standard InChI is InChI=1S/C21H23F3N2O2/c1-15-13-26(14-17-7-3-5-9-19(17)28-15)11-10-20(27)25-12-16-6-2-4-8-18(16)21(22,23)24/h2-9,15H,10-14H2,1H3,(H,25,27)/t15-/m0/s1. The largest absolute Gasteiger partial charge is 0.489 e. The number of hydrogen-bond donors (Lipinski definition) is 1. The number of nitrogens with one attached hydrogen (secondary N) is 1. The fraction of sp³-hybridized carbons (Fsp3) is 0.381. The molecule has 1 heterocycles. The number of para-hydroxylation sites is 1. The van der Waals surface area contributed by atoms with E-state index in [9.17, 15) is 18.0 Å². The van der Waals surface area contributed by atoms with E-state index < -0.39 is 11.7 Å². The van der Waals surface area contributed by atoms with Gasteiger partial charge < -0.3 is 10.1 Å². The van der Waals surface area contributed by atoms with Crippen LogP contribution in [0.15, 0.2) is 48.5 Å². The van der Waals surface area contributed by atoms with Crippen molar-refractivity contribution in [3.63, 3.8) is 0 Å². The summed E-state index contributed by atoms with van der Waals surface area (Å²) >= 11 is 0. The van der Waals surface area contributed by atoms with Gasteiger partial charge >= 0.3 is 6.18 Å². The Kier molecular flexibility index (Phi) is 6.24. The Balaban J connectivity index is 1.54. The van der Waals surface area contributed by atoms with Crippen LogP contribution in [0.3, 0.4) is 0 Å². The minimum atomic E-state index is -4.43. The van der Waals surface area contributed by atoms with Gasteiger partial charge in [0, 0.05) is 38.2 Å². The van der Waals surface area contributed by atoms with Crippen molar-refractivity contribution in [1.29, 1.82) is 0 Å². The SMILES string of the molecule is C[C@H]1CN(CCC(=O)NCc2ccccc2C(F)(F)F)Cc2ccccc2O1. The van der Waals surface area contributed by atoms with E-state index in [1.807, 2.05) is 31.2 Å². The number of amides is 1. The summed E-state index contributed by atoms with van der Waals surface area (Å²) in [6, 6.07) is 13.1. The van der Waals surface area contributed by atoms with Crippen molar-refractivity contribution in [2.45, 2.75) is 38.7 Å². The van der Waals surface area contributed by atoms with Crippen molar-refractivity contribution in [3.8, 4) is 5.75 Å². The Morgan fingerprint density at radius 2 is 1.89 bits per heavy atom. The maximum absolute atomic E-state index is 13.0. The average Bonchev–Trinajstić information content (AvgIpc) is 2.81. The molecule has 0 saturated carbocycles. The van der Waals surface area contributed by atoms with Crippen LogP contribution in [0.5, 0.6) is 5.75 Å². The van der Waals surface area contributed by atoms with Crippen molar-refractivity contribution >= 4 is 5.91 Å². The molecule has 0 aromatic heterocycles. The first-order chi connectivity index (χ1) is 13.3. The lowest BCUT2D eigenvalue weighted by atomic mass is 10.1. The van der Waals surface area contributed by atoms with Crippen LogP contribution in [0.2, 0.25) is 0 Å². The van der Waals surface area contributed by atoms with Gasteiger partial charge in [0.15, 0.2) is 0 Å². The molecule has 1 aliphatic rings. The van der Waals surface area contributed by atoms with Gasteiger partial charge in [-0.1, -0.05) is 36.4 Å². The smallest absolute Gasteiger partial charge is 0.416 e. The van der Waals surface area contributed by atoms with E-state index in [0.717, 1.165) is 17.4 Å². The number of halogens is 3. The lowest BCUT2D eigenvalue weighted by Crippen LogP contribution is -2.34. The summed E-state index contributed by atoms with van der Waals surface area (Å²) in [5.41, 5.74) is 0.408.